The van der Waals surface area contributed by atoms with Crippen LogP contribution in [-0.2, 0) is 16.1 Å². The van der Waals surface area contributed by atoms with E-state index in [0.29, 0.717) is 5.82 Å². The molecule has 0 radical (unpaired) electrons. The van der Waals surface area contributed by atoms with Crippen LogP contribution in [0.4, 0.5) is 5.82 Å². The summed E-state index contributed by atoms with van der Waals surface area (Å²) in [5.41, 5.74) is 0. The lowest BCUT2D eigenvalue weighted by Gasteiger charge is -2.17. The number of hydrogen-bond donors (Lipinski definition) is 2. The van der Waals surface area contributed by atoms with Gasteiger partial charge < -0.3 is 20.3 Å². The Hall–Kier alpha value is -2.49. The fourth-order valence-corrected chi connectivity index (χ4v) is 1.72. The highest BCUT2D eigenvalue weighted by molar-refractivity contribution is 5.72. The molecule has 1 heterocycles. The van der Waals surface area contributed by atoms with Crippen molar-refractivity contribution in [3.63, 3.8) is 0 Å². The van der Waals surface area contributed by atoms with E-state index in [9.17, 15) is 19.7 Å². The van der Waals surface area contributed by atoms with Gasteiger partial charge in [-0.1, -0.05) is 0 Å². The van der Waals surface area contributed by atoms with Crippen LogP contribution in [0.3, 0.4) is 0 Å². The Labute approximate surface area is 113 Å². The van der Waals surface area contributed by atoms with Gasteiger partial charge in [0.25, 0.3) is 0 Å². The summed E-state index contributed by atoms with van der Waals surface area (Å²) in [5.74, 6) is -2.14. The van der Waals surface area contributed by atoms with E-state index in [0.717, 1.165) is 6.20 Å². The second-order valence-electron chi connectivity index (χ2n) is 4.07. The Balaban J connectivity index is 2.76. The molecule has 0 aliphatic carbocycles. The van der Waals surface area contributed by atoms with E-state index >= 15 is 0 Å². The van der Waals surface area contributed by atoms with Gasteiger partial charge in [-0.2, -0.15) is 0 Å². The van der Waals surface area contributed by atoms with Gasteiger partial charge in [0.05, 0.1) is 13.1 Å². The molecule has 10 heteroatoms. The van der Waals surface area contributed by atoms with Crippen molar-refractivity contribution in [2.75, 3.05) is 19.6 Å². The maximum Gasteiger partial charge on any atom is 0.342 e. The Morgan fingerprint density at radius 2 is 1.95 bits per heavy atom. The number of hydrogen-bond acceptors (Lipinski definition) is 6. The summed E-state index contributed by atoms with van der Waals surface area (Å²) in [7, 11) is 0. The molecule has 0 bridgehead atoms. The Kier molecular flexibility index (Phi) is 5.15. The first-order chi connectivity index (χ1) is 9.31. The number of aromatic nitrogens is 2. The van der Waals surface area contributed by atoms with E-state index < -0.39 is 30.0 Å². The minimum Gasteiger partial charge on any atom is -0.480 e. The monoisotopic (exact) mass is 286 g/mol. The summed E-state index contributed by atoms with van der Waals surface area (Å²) in [4.78, 5) is 36.4. The van der Waals surface area contributed by atoms with Gasteiger partial charge in [-0.15, -0.1) is 0 Å². The standard InChI is InChI=1S/C10H14N4O6/c1-7-11-4-8(14(19)20)13(7)3-2-12(5-9(15)16)6-10(17)18/h4H,2-3,5-6H2,1H3,(H,15,16)(H,17,18). The van der Waals surface area contributed by atoms with Gasteiger partial charge in [0, 0.05) is 13.5 Å². The van der Waals surface area contributed by atoms with E-state index in [-0.39, 0.29) is 18.9 Å². The van der Waals surface area contributed by atoms with Crippen molar-refractivity contribution in [2.45, 2.75) is 13.5 Å². The van der Waals surface area contributed by atoms with Crippen LogP contribution in [0.1, 0.15) is 5.82 Å². The molecule has 0 atom stereocenters. The van der Waals surface area contributed by atoms with Crippen molar-refractivity contribution in [2.24, 2.45) is 0 Å². The van der Waals surface area contributed by atoms with Crippen LogP contribution in [0.15, 0.2) is 6.20 Å². The van der Waals surface area contributed by atoms with Gasteiger partial charge in [0.1, 0.15) is 12.7 Å². The van der Waals surface area contributed by atoms with E-state index in [4.69, 9.17) is 10.2 Å². The summed E-state index contributed by atoms with van der Waals surface area (Å²) >= 11 is 0. The normalized spacial score (nSPS) is 10.7. The molecule has 1 aromatic heterocycles. The lowest BCUT2D eigenvalue weighted by Crippen LogP contribution is -2.36. The summed E-state index contributed by atoms with van der Waals surface area (Å²) in [5, 5.41) is 28.2. The number of carboxylic acid groups (broad SMARTS) is 2. The van der Waals surface area contributed by atoms with Gasteiger partial charge in [0.2, 0.25) is 0 Å². The molecule has 0 aromatic carbocycles. The summed E-state index contributed by atoms with van der Waals surface area (Å²) in [6.45, 7) is 0.812. The molecule has 0 unspecified atom stereocenters. The molecule has 0 amide bonds. The zero-order valence-corrected chi connectivity index (χ0v) is 10.7. The molecule has 110 valence electrons. The number of carbonyl (C=O) groups is 2. The maximum absolute atomic E-state index is 10.8. The number of rotatable bonds is 8. The van der Waals surface area contributed by atoms with Gasteiger partial charge in [-0.05, 0) is 4.92 Å². The average molecular weight is 286 g/mol. The number of nitro groups is 1. The zero-order valence-electron chi connectivity index (χ0n) is 10.7. The second-order valence-corrected chi connectivity index (χ2v) is 4.07. The largest absolute Gasteiger partial charge is 0.480 e. The van der Waals surface area contributed by atoms with Crippen molar-refractivity contribution in [3.05, 3.63) is 22.1 Å². The fourth-order valence-electron chi connectivity index (χ4n) is 1.72. The predicted octanol–water partition coefficient (Wildman–Crippen LogP) is -0.429. The highest BCUT2D eigenvalue weighted by atomic mass is 16.6. The number of aryl methyl sites for hydroxylation is 1. The molecule has 20 heavy (non-hydrogen) atoms. The number of imidazole rings is 1. The van der Waals surface area contributed by atoms with Crippen molar-refractivity contribution >= 4 is 17.8 Å². The smallest absolute Gasteiger partial charge is 0.342 e. The Morgan fingerprint density at radius 1 is 1.40 bits per heavy atom. The maximum atomic E-state index is 10.8. The molecular formula is C10H14N4O6. The molecule has 0 saturated carbocycles. The van der Waals surface area contributed by atoms with Gasteiger partial charge >= 0.3 is 17.8 Å². The second kappa shape index (κ2) is 6.61. The van der Waals surface area contributed by atoms with E-state index in [2.05, 4.69) is 4.98 Å². The van der Waals surface area contributed by atoms with Crippen LogP contribution in [0, 0.1) is 17.0 Å². The fraction of sp³-hybridized carbons (Fsp3) is 0.500. The van der Waals surface area contributed by atoms with Crippen LogP contribution >= 0.6 is 0 Å². The topological polar surface area (TPSA) is 139 Å². The molecule has 10 nitrogen and oxygen atoms in total. The zero-order chi connectivity index (χ0) is 15.3. The lowest BCUT2D eigenvalue weighted by molar-refractivity contribution is -0.392. The molecule has 1 aromatic rings. The quantitative estimate of drug-likeness (QED) is 0.484. The molecule has 0 aliphatic rings. The molecule has 0 saturated heterocycles. The van der Waals surface area contributed by atoms with Crippen LogP contribution in [-0.4, -0.2) is 61.2 Å². The van der Waals surface area contributed by atoms with Crippen molar-refractivity contribution in [1.29, 1.82) is 0 Å². The number of carboxylic acids is 2. The number of nitrogens with zero attached hydrogens (tertiary/aromatic N) is 4. The third kappa shape index (κ3) is 4.31. The molecule has 1 rings (SSSR count). The van der Waals surface area contributed by atoms with E-state index in [1.54, 1.807) is 6.92 Å². The van der Waals surface area contributed by atoms with Crippen LogP contribution in [0.5, 0.6) is 0 Å². The molecule has 0 fully saturated rings. The van der Waals surface area contributed by atoms with Gasteiger partial charge in [-0.3, -0.25) is 14.5 Å². The van der Waals surface area contributed by atoms with Crippen molar-refractivity contribution in [1.82, 2.24) is 14.5 Å². The molecule has 0 aliphatic heterocycles. The Morgan fingerprint density at radius 3 is 2.40 bits per heavy atom. The van der Waals surface area contributed by atoms with Gasteiger partial charge in [0.15, 0.2) is 5.82 Å². The predicted molar refractivity (Wildman–Crippen MR) is 65.3 cm³/mol. The summed E-state index contributed by atoms with van der Waals surface area (Å²) in [6, 6.07) is 0. The summed E-state index contributed by atoms with van der Waals surface area (Å²) < 4.78 is 1.30. The minimum atomic E-state index is -1.16. The molecular weight excluding hydrogens is 272 g/mol. The van der Waals surface area contributed by atoms with Gasteiger partial charge in [-0.25, -0.2) is 9.55 Å². The van der Waals surface area contributed by atoms with E-state index in [1.807, 2.05) is 0 Å². The van der Waals surface area contributed by atoms with Crippen molar-refractivity contribution in [3.8, 4) is 0 Å². The average Bonchev–Trinajstić information content (AvgIpc) is 2.66. The van der Waals surface area contributed by atoms with E-state index in [1.165, 1.54) is 9.47 Å². The molecule has 0 spiro atoms. The first-order valence-corrected chi connectivity index (χ1v) is 5.63. The number of aliphatic carboxylic acids is 2. The highest BCUT2D eigenvalue weighted by Gasteiger charge is 2.20. The van der Waals surface area contributed by atoms with Crippen LogP contribution < -0.4 is 0 Å². The summed E-state index contributed by atoms with van der Waals surface area (Å²) in [6.07, 6.45) is 1.11. The molecule has 2 N–H and O–H groups in total. The Bertz CT molecular complexity index is 510. The first-order valence-electron chi connectivity index (χ1n) is 5.63. The van der Waals surface area contributed by atoms with Crippen LogP contribution in [0.2, 0.25) is 0 Å². The third-order valence-corrected chi connectivity index (χ3v) is 2.58. The minimum absolute atomic E-state index is 0.0522. The van der Waals surface area contributed by atoms with Crippen molar-refractivity contribution < 1.29 is 24.7 Å². The first kappa shape index (κ1) is 15.6. The highest BCUT2D eigenvalue weighted by Crippen LogP contribution is 2.13. The SMILES string of the molecule is Cc1ncc([N+](=O)[O-])n1CCN(CC(=O)O)CC(=O)O. The van der Waals surface area contributed by atoms with Crippen LogP contribution in [0.25, 0.3) is 0 Å². The lowest BCUT2D eigenvalue weighted by atomic mass is 10.4. The third-order valence-electron chi connectivity index (χ3n) is 2.58.